The van der Waals surface area contributed by atoms with Crippen LogP contribution in [-0.2, 0) is 24.8 Å². The Labute approximate surface area is 290 Å². The summed E-state index contributed by atoms with van der Waals surface area (Å²) in [4.78, 5) is 54.9. The first-order valence-electron chi connectivity index (χ1n) is 18.1. The minimum atomic E-state index is -2.04. The fraction of sp³-hybridized carbons (Fsp3) is 0.676. The molecule has 13 heteroatoms. The maximum absolute atomic E-state index is 14.2. The van der Waals surface area contributed by atoms with Gasteiger partial charge in [0.15, 0.2) is 13.3 Å². The van der Waals surface area contributed by atoms with E-state index in [1.165, 1.54) is 10.6 Å². The van der Waals surface area contributed by atoms with Gasteiger partial charge in [-0.3, -0.25) is 14.2 Å². The standard InChI is InChI=1S/C37H49F3N4O6/c1-36(2,3)50-35(48)42-28(19-38)23-9-11-24(12-10-23)33(46)43-16-15-27(22-7-5-4-6-8-22)31(43)32(45)41-26-13-14-29-25(17-26)18-30-34(47)49-37(20-39,21-40)44(29)30/h13-14,17-18,22-24,27-28,31H,4-12,15-16,19-21H2,1-3H3,(H,41,45)(H,42,48)/t23?,24?,27-,28+,31-/m0/s1. The maximum atomic E-state index is 14.2. The number of nitrogens with zero attached hydrogens (tertiary/aromatic N) is 2. The fourth-order valence-electron chi connectivity index (χ4n) is 8.78. The molecular weight excluding hydrogens is 653 g/mol. The number of alkyl halides is 3. The van der Waals surface area contributed by atoms with Crippen LogP contribution < -0.4 is 10.6 Å². The van der Waals surface area contributed by atoms with E-state index in [4.69, 9.17) is 9.47 Å². The van der Waals surface area contributed by atoms with Crippen LogP contribution in [0.15, 0.2) is 24.3 Å². The zero-order chi connectivity index (χ0) is 35.8. The van der Waals surface area contributed by atoms with Crippen molar-refractivity contribution in [1.29, 1.82) is 0 Å². The van der Waals surface area contributed by atoms with E-state index in [2.05, 4.69) is 10.6 Å². The summed E-state index contributed by atoms with van der Waals surface area (Å²) in [5.74, 6) is -1.26. The molecule has 0 bridgehead atoms. The summed E-state index contributed by atoms with van der Waals surface area (Å²) in [5.41, 5.74) is -1.85. The Bertz CT molecular complexity index is 1590. The molecule has 1 saturated heterocycles. The van der Waals surface area contributed by atoms with Gasteiger partial charge in [0.2, 0.25) is 17.5 Å². The second-order valence-corrected chi connectivity index (χ2v) is 15.6. The van der Waals surface area contributed by atoms with Crippen LogP contribution in [0.1, 0.15) is 95.5 Å². The van der Waals surface area contributed by atoms with Crippen molar-refractivity contribution in [2.45, 2.75) is 108 Å². The lowest BCUT2D eigenvalue weighted by molar-refractivity contribution is -0.142. The largest absolute Gasteiger partial charge is 0.444 e. The molecule has 1 aromatic carbocycles. The van der Waals surface area contributed by atoms with E-state index < -0.39 is 55.5 Å². The molecule has 2 aromatic rings. The van der Waals surface area contributed by atoms with Crippen LogP contribution in [-0.4, -0.2) is 77.6 Å². The van der Waals surface area contributed by atoms with Crippen molar-refractivity contribution >= 4 is 40.5 Å². The number of hydrogen-bond donors (Lipinski definition) is 2. The summed E-state index contributed by atoms with van der Waals surface area (Å²) in [6, 6.07) is 5.04. The molecule has 3 atom stereocenters. The molecule has 2 aliphatic carbocycles. The number of ether oxygens (including phenoxy) is 2. The summed E-state index contributed by atoms with van der Waals surface area (Å²) in [5, 5.41) is 6.21. The normalized spacial score (nSPS) is 26.0. The number of amides is 3. The molecular formula is C37H49F3N4O6. The van der Waals surface area contributed by atoms with Gasteiger partial charge in [0.1, 0.15) is 24.0 Å². The highest BCUT2D eigenvalue weighted by molar-refractivity contribution is 6.02. The molecule has 3 fully saturated rings. The highest BCUT2D eigenvalue weighted by Crippen LogP contribution is 2.42. The number of halogens is 3. The van der Waals surface area contributed by atoms with Crippen LogP contribution in [0.3, 0.4) is 0 Å². The van der Waals surface area contributed by atoms with Crippen molar-refractivity contribution in [2.24, 2.45) is 23.7 Å². The molecule has 3 heterocycles. The number of hydrogen-bond acceptors (Lipinski definition) is 6. The Balaban J connectivity index is 1.17. The van der Waals surface area contributed by atoms with Crippen molar-refractivity contribution in [3.05, 3.63) is 30.0 Å². The first kappa shape index (κ1) is 36.0. The first-order valence-corrected chi connectivity index (χ1v) is 18.1. The second-order valence-electron chi connectivity index (χ2n) is 15.6. The average molecular weight is 703 g/mol. The van der Waals surface area contributed by atoms with E-state index in [9.17, 15) is 32.3 Å². The summed E-state index contributed by atoms with van der Waals surface area (Å²) >= 11 is 0. The van der Waals surface area contributed by atoms with E-state index >= 15 is 0 Å². The van der Waals surface area contributed by atoms with Gasteiger partial charge in [-0.2, -0.15) is 0 Å². The molecule has 1 aromatic heterocycles. The number of nitrogens with one attached hydrogen (secondary N) is 2. The predicted molar refractivity (Wildman–Crippen MR) is 181 cm³/mol. The van der Waals surface area contributed by atoms with Gasteiger partial charge in [-0.15, -0.1) is 0 Å². The molecule has 0 radical (unpaired) electrons. The third-order valence-corrected chi connectivity index (χ3v) is 11.2. The maximum Gasteiger partial charge on any atom is 0.407 e. The minimum Gasteiger partial charge on any atom is -0.444 e. The third-order valence-electron chi connectivity index (χ3n) is 11.2. The van der Waals surface area contributed by atoms with Crippen molar-refractivity contribution in [3.63, 3.8) is 0 Å². The zero-order valence-corrected chi connectivity index (χ0v) is 29.2. The lowest BCUT2D eigenvalue weighted by Crippen LogP contribution is -2.50. The summed E-state index contributed by atoms with van der Waals surface area (Å²) < 4.78 is 53.6. The van der Waals surface area contributed by atoms with Crippen LogP contribution >= 0.6 is 0 Å². The smallest absolute Gasteiger partial charge is 0.407 e. The number of alkyl carbamates (subject to hydrolysis) is 1. The molecule has 0 spiro atoms. The number of carbonyl (C=O) groups excluding carboxylic acids is 4. The van der Waals surface area contributed by atoms with Crippen molar-refractivity contribution < 1.29 is 41.8 Å². The van der Waals surface area contributed by atoms with E-state index in [1.54, 1.807) is 43.9 Å². The molecule has 3 amide bonds. The molecule has 2 saturated carbocycles. The van der Waals surface area contributed by atoms with E-state index in [0.717, 1.165) is 38.5 Å². The number of aromatic nitrogens is 1. The predicted octanol–water partition coefficient (Wildman–Crippen LogP) is 6.81. The Hall–Kier alpha value is -3.77. The topological polar surface area (TPSA) is 119 Å². The first-order chi connectivity index (χ1) is 23.9. The number of likely N-dealkylation sites (tertiary alicyclic amines) is 1. The van der Waals surface area contributed by atoms with Gasteiger partial charge < -0.3 is 25.0 Å². The SMILES string of the molecule is CC(C)(C)OC(=O)N[C@H](CF)C1CCC(C(=O)N2CC[C@@H](C3CCCCC3)[C@H]2C(=O)Nc2ccc3c(c2)cc2n3C(CF)(CF)OC2=O)CC1. The van der Waals surface area contributed by atoms with Crippen molar-refractivity contribution in [1.82, 2.24) is 14.8 Å². The summed E-state index contributed by atoms with van der Waals surface area (Å²) in [6.45, 7) is 2.55. The van der Waals surface area contributed by atoms with E-state index in [-0.39, 0.29) is 35.3 Å². The monoisotopic (exact) mass is 702 g/mol. The van der Waals surface area contributed by atoms with E-state index in [0.29, 0.717) is 54.7 Å². The van der Waals surface area contributed by atoms with Gasteiger partial charge in [0, 0.05) is 23.5 Å². The highest BCUT2D eigenvalue weighted by atomic mass is 19.1. The number of benzene rings is 1. The molecule has 50 heavy (non-hydrogen) atoms. The third kappa shape index (κ3) is 7.06. The van der Waals surface area contributed by atoms with Crippen LogP contribution in [0.25, 0.3) is 10.9 Å². The molecule has 0 unspecified atom stereocenters. The molecule has 10 nitrogen and oxygen atoms in total. The van der Waals surface area contributed by atoms with Crippen molar-refractivity contribution in [2.75, 3.05) is 31.9 Å². The number of rotatable bonds is 9. The van der Waals surface area contributed by atoms with Gasteiger partial charge in [-0.1, -0.05) is 32.1 Å². The lowest BCUT2D eigenvalue weighted by Gasteiger charge is -2.37. The number of anilines is 1. The van der Waals surface area contributed by atoms with Crippen molar-refractivity contribution in [3.8, 4) is 0 Å². The second kappa shape index (κ2) is 14.5. The highest BCUT2D eigenvalue weighted by Gasteiger charge is 2.49. The van der Waals surface area contributed by atoms with Gasteiger partial charge in [0.05, 0.1) is 11.6 Å². The van der Waals surface area contributed by atoms with Gasteiger partial charge >= 0.3 is 12.1 Å². The van der Waals surface area contributed by atoms with Gasteiger partial charge in [-0.25, -0.2) is 22.8 Å². The minimum absolute atomic E-state index is 0.0102. The molecule has 6 rings (SSSR count). The Morgan fingerprint density at radius 3 is 2.32 bits per heavy atom. The molecule has 2 aliphatic heterocycles. The summed E-state index contributed by atoms with van der Waals surface area (Å²) in [6.07, 6.45) is 7.66. The molecule has 2 N–H and O–H groups in total. The van der Waals surface area contributed by atoms with Gasteiger partial charge in [-0.05, 0) is 94.9 Å². The lowest BCUT2D eigenvalue weighted by atomic mass is 9.76. The quantitative estimate of drug-likeness (QED) is 0.277. The summed E-state index contributed by atoms with van der Waals surface area (Å²) in [7, 11) is 0. The van der Waals surface area contributed by atoms with Gasteiger partial charge in [0.25, 0.3) is 0 Å². The Morgan fingerprint density at radius 1 is 0.980 bits per heavy atom. The van der Waals surface area contributed by atoms with Crippen LogP contribution in [0.5, 0.6) is 0 Å². The molecule has 274 valence electrons. The van der Waals surface area contributed by atoms with Crippen LogP contribution in [0.2, 0.25) is 0 Å². The van der Waals surface area contributed by atoms with Crippen LogP contribution in [0.4, 0.5) is 23.7 Å². The fourth-order valence-corrected chi connectivity index (χ4v) is 8.78. The Morgan fingerprint density at radius 2 is 1.68 bits per heavy atom. The number of esters is 1. The number of cyclic esters (lactones) is 1. The number of fused-ring (bicyclic) bond motifs is 3. The zero-order valence-electron chi connectivity index (χ0n) is 29.2. The molecule has 4 aliphatic rings. The van der Waals surface area contributed by atoms with E-state index in [1.807, 2.05) is 0 Å². The Kier molecular flexibility index (Phi) is 10.4. The number of carbonyl (C=O) groups is 4. The van der Waals surface area contributed by atoms with Crippen LogP contribution in [0, 0.1) is 23.7 Å². The average Bonchev–Trinajstić information content (AvgIpc) is 3.79.